The molecule has 1 aromatic carbocycles. The summed E-state index contributed by atoms with van der Waals surface area (Å²) in [5, 5.41) is 3.33. The van der Waals surface area contributed by atoms with E-state index in [0.29, 0.717) is 12.7 Å². The van der Waals surface area contributed by atoms with Crippen LogP contribution in [0.25, 0.3) is 0 Å². The maximum absolute atomic E-state index is 5.91. The summed E-state index contributed by atoms with van der Waals surface area (Å²) in [5.41, 5.74) is 1.12. The molecule has 0 atom stereocenters. The van der Waals surface area contributed by atoms with Gasteiger partial charge in [-0.25, -0.2) is 0 Å². The van der Waals surface area contributed by atoms with Gasteiger partial charge in [-0.2, -0.15) is 0 Å². The summed E-state index contributed by atoms with van der Waals surface area (Å²) in [7, 11) is 3.29. The molecule has 1 saturated heterocycles. The van der Waals surface area contributed by atoms with Crippen molar-refractivity contribution in [2.45, 2.75) is 25.6 Å². The van der Waals surface area contributed by atoms with E-state index in [1.54, 1.807) is 14.2 Å². The van der Waals surface area contributed by atoms with E-state index in [2.05, 4.69) is 5.32 Å². The Balaban J connectivity index is 1.92. The van der Waals surface area contributed by atoms with Crippen LogP contribution in [0.4, 0.5) is 0 Å². The molecule has 0 radical (unpaired) electrons. The molecule has 100 valence electrons. The average molecular weight is 251 g/mol. The summed E-state index contributed by atoms with van der Waals surface area (Å²) in [6.07, 6.45) is 2.56. The monoisotopic (exact) mass is 251 g/mol. The molecule has 1 aromatic rings. The van der Waals surface area contributed by atoms with Gasteiger partial charge in [-0.1, -0.05) is 6.07 Å². The Morgan fingerprint density at radius 2 is 1.83 bits per heavy atom. The first kappa shape index (κ1) is 13.2. The first-order chi connectivity index (χ1) is 8.83. The van der Waals surface area contributed by atoms with Gasteiger partial charge in [-0.3, -0.25) is 0 Å². The van der Waals surface area contributed by atoms with E-state index in [1.165, 1.54) is 0 Å². The van der Waals surface area contributed by atoms with Crippen LogP contribution < -0.4 is 14.8 Å². The zero-order chi connectivity index (χ0) is 12.8. The fourth-order valence-corrected chi connectivity index (χ4v) is 2.15. The van der Waals surface area contributed by atoms with Gasteiger partial charge in [0.05, 0.1) is 26.9 Å². The lowest BCUT2D eigenvalue weighted by Crippen LogP contribution is -2.32. The Morgan fingerprint density at radius 1 is 1.11 bits per heavy atom. The van der Waals surface area contributed by atoms with Crippen LogP contribution >= 0.6 is 0 Å². The van der Waals surface area contributed by atoms with Crippen molar-refractivity contribution >= 4 is 0 Å². The summed E-state index contributed by atoms with van der Waals surface area (Å²) in [6, 6.07) is 5.91. The van der Waals surface area contributed by atoms with E-state index in [-0.39, 0.29) is 0 Å². The topological polar surface area (TPSA) is 39.7 Å². The number of ether oxygens (including phenoxy) is 3. The first-order valence-electron chi connectivity index (χ1n) is 6.36. The highest BCUT2D eigenvalue weighted by atomic mass is 16.5. The Bertz CT molecular complexity index is 375. The zero-order valence-corrected chi connectivity index (χ0v) is 11.1. The highest BCUT2D eigenvalue weighted by Gasteiger charge is 2.13. The van der Waals surface area contributed by atoms with E-state index >= 15 is 0 Å². The lowest BCUT2D eigenvalue weighted by Gasteiger charge is -2.23. The van der Waals surface area contributed by atoms with Crippen molar-refractivity contribution in [1.82, 2.24) is 5.32 Å². The van der Waals surface area contributed by atoms with Crippen molar-refractivity contribution in [2.24, 2.45) is 0 Å². The molecule has 18 heavy (non-hydrogen) atoms. The molecular formula is C14H21NO3. The summed E-state index contributed by atoms with van der Waals surface area (Å²) < 4.78 is 16.4. The second-order valence-electron chi connectivity index (χ2n) is 4.45. The van der Waals surface area contributed by atoms with Crippen LogP contribution in [-0.2, 0) is 11.3 Å². The number of rotatable bonds is 5. The van der Waals surface area contributed by atoms with Crippen LogP contribution in [0.15, 0.2) is 18.2 Å². The summed E-state index contributed by atoms with van der Waals surface area (Å²) in [6.45, 7) is 2.73. The van der Waals surface area contributed by atoms with Crippen molar-refractivity contribution in [3.05, 3.63) is 23.8 Å². The fourth-order valence-electron chi connectivity index (χ4n) is 2.15. The summed E-state index contributed by atoms with van der Waals surface area (Å²) in [5.74, 6) is 1.51. The predicted octanol–water partition coefficient (Wildman–Crippen LogP) is 1.97. The lowest BCUT2D eigenvalue weighted by atomic mass is 10.1. The van der Waals surface area contributed by atoms with Crippen molar-refractivity contribution in [3.8, 4) is 11.5 Å². The molecule has 0 bridgehead atoms. The van der Waals surface area contributed by atoms with E-state index in [0.717, 1.165) is 43.0 Å². The van der Waals surface area contributed by atoms with Gasteiger partial charge in [0.25, 0.3) is 0 Å². The summed E-state index contributed by atoms with van der Waals surface area (Å²) >= 11 is 0. The van der Waals surface area contributed by atoms with Crippen LogP contribution in [0.5, 0.6) is 11.5 Å². The Morgan fingerprint density at radius 3 is 2.50 bits per heavy atom. The standard InChI is InChI=1S/C14H21NO3/c1-16-13-4-3-11(9-14(13)17-2)10-18-12-5-7-15-8-6-12/h3-4,9,12,15H,5-8,10H2,1-2H3. The average Bonchev–Trinajstić information content (AvgIpc) is 2.45. The Hall–Kier alpha value is -1.26. The molecule has 4 heteroatoms. The molecule has 1 aliphatic rings. The molecule has 0 saturated carbocycles. The molecule has 1 N–H and O–H groups in total. The number of nitrogens with one attached hydrogen (secondary N) is 1. The van der Waals surface area contributed by atoms with E-state index in [9.17, 15) is 0 Å². The van der Waals surface area contributed by atoms with Crippen LogP contribution in [0.2, 0.25) is 0 Å². The third-order valence-electron chi connectivity index (χ3n) is 3.22. The van der Waals surface area contributed by atoms with E-state index < -0.39 is 0 Å². The van der Waals surface area contributed by atoms with Gasteiger partial charge >= 0.3 is 0 Å². The number of hydrogen-bond acceptors (Lipinski definition) is 4. The van der Waals surface area contributed by atoms with Crippen LogP contribution in [0.3, 0.4) is 0 Å². The second kappa shape index (κ2) is 6.61. The SMILES string of the molecule is COc1ccc(COC2CCNCC2)cc1OC. The Labute approximate surface area is 108 Å². The van der Waals surface area contributed by atoms with Crippen LogP contribution in [0.1, 0.15) is 18.4 Å². The normalized spacial score (nSPS) is 16.6. The van der Waals surface area contributed by atoms with Crippen LogP contribution in [0, 0.1) is 0 Å². The zero-order valence-electron chi connectivity index (χ0n) is 11.1. The third kappa shape index (κ3) is 3.37. The molecular weight excluding hydrogens is 230 g/mol. The maximum Gasteiger partial charge on any atom is 0.161 e. The van der Waals surface area contributed by atoms with Crippen molar-refractivity contribution in [1.29, 1.82) is 0 Å². The van der Waals surface area contributed by atoms with Crippen LogP contribution in [-0.4, -0.2) is 33.4 Å². The minimum Gasteiger partial charge on any atom is -0.493 e. The Kier molecular flexibility index (Phi) is 4.84. The molecule has 0 aliphatic carbocycles. The minimum absolute atomic E-state index is 0.374. The van der Waals surface area contributed by atoms with Gasteiger partial charge in [0.2, 0.25) is 0 Å². The highest BCUT2D eigenvalue weighted by molar-refractivity contribution is 5.42. The smallest absolute Gasteiger partial charge is 0.161 e. The third-order valence-corrected chi connectivity index (χ3v) is 3.22. The second-order valence-corrected chi connectivity index (χ2v) is 4.45. The van der Waals surface area contributed by atoms with Gasteiger partial charge < -0.3 is 19.5 Å². The van der Waals surface area contributed by atoms with Gasteiger partial charge in [0.1, 0.15) is 0 Å². The summed E-state index contributed by atoms with van der Waals surface area (Å²) in [4.78, 5) is 0. The lowest BCUT2D eigenvalue weighted by molar-refractivity contribution is 0.0211. The van der Waals surface area contributed by atoms with E-state index in [1.807, 2.05) is 18.2 Å². The molecule has 0 spiro atoms. The van der Waals surface area contributed by atoms with Crippen molar-refractivity contribution in [2.75, 3.05) is 27.3 Å². The largest absolute Gasteiger partial charge is 0.493 e. The molecule has 1 aliphatic heterocycles. The molecule has 0 unspecified atom stereocenters. The van der Waals surface area contributed by atoms with Gasteiger partial charge in [0, 0.05) is 0 Å². The quantitative estimate of drug-likeness (QED) is 0.868. The molecule has 1 heterocycles. The number of methoxy groups -OCH3 is 2. The van der Waals surface area contributed by atoms with Crippen molar-refractivity contribution < 1.29 is 14.2 Å². The first-order valence-corrected chi connectivity index (χ1v) is 6.36. The van der Waals surface area contributed by atoms with E-state index in [4.69, 9.17) is 14.2 Å². The van der Waals surface area contributed by atoms with Gasteiger partial charge in [0.15, 0.2) is 11.5 Å². The molecule has 4 nitrogen and oxygen atoms in total. The fraction of sp³-hybridized carbons (Fsp3) is 0.571. The molecule has 0 amide bonds. The number of benzene rings is 1. The van der Waals surface area contributed by atoms with Gasteiger partial charge in [-0.15, -0.1) is 0 Å². The molecule has 0 aromatic heterocycles. The van der Waals surface area contributed by atoms with Gasteiger partial charge in [-0.05, 0) is 43.6 Å². The van der Waals surface area contributed by atoms with Crippen molar-refractivity contribution in [3.63, 3.8) is 0 Å². The molecule has 2 rings (SSSR count). The number of piperidine rings is 1. The molecule has 1 fully saturated rings. The highest BCUT2D eigenvalue weighted by Crippen LogP contribution is 2.28. The predicted molar refractivity (Wildman–Crippen MR) is 70.2 cm³/mol. The maximum atomic E-state index is 5.91. The minimum atomic E-state index is 0.374. The number of hydrogen-bond donors (Lipinski definition) is 1.